The molecule has 28 heavy (non-hydrogen) atoms. The van der Waals surface area contributed by atoms with Gasteiger partial charge in [-0.2, -0.15) is 5.10 Å². The van der Waals surface area contributed by atoms with Crippen molar-refractivity contribution in [3.05, 3.63) is 41.7 Å². The summed E-state index contributed by atoms with van der Waals surface area (Å²) in [4.78, 5) is 14.7. The highest BCUT2D eigenvalue weighted by atomic mass is 16.5. The van der Waals surface area contributed by atoms with Crippen molar-refractivity contribution in [2.45, 2.75) is 44.4 Å². The number of carbonyl (C=O) groups is 1. The number of hydrogen-bond acceptors (Lipinski definition) is 4. The number of nitrogens with one attached hydrogen (secondary N) is 1. The number of rotatable bonds is 7. The molecule has 2 fully saturated rings. The van der Waals surface area contributed by atoms with E-state index in [0.717, 1.165) is 61.7 Å². The molecule has 2 aromatic rings. The molecule has 0 spiro atoms. The molecule has 0 bridgehead atoms. The van der Waals surface area contributed by atoms with Gasteiger partial charge in [0.25, 0.3) is 0 Å². The predicted molar refractivity (Wildman–Crippen MR) is 107 cm³/mol. The Morgan fingerprint density at radius 2 is 2.04 bits per heavy atom. The third-order valence-electron chi connectivity index (χ3n) is 5.95. The number of aromatic nitrogens is 2. The van der Waals surface area contributed by atoms with Crippen molar-refractivity contribution in [2.24, 2.45) is 5.92 Å². The Morgan fingerprint density at radius 1 is 1.21 bits per heavy atom. The maximum absolute atomic E-state index is 12.6. The lowest BCUT2D eigenvalue weighted by Crippen LogP contribution is -2.33. The number of H-pyrrole nitrogens is 1. The third kappa shape index (κ3) is 4.32. The zero-order valence-corrected chi connectivity index (χ0v) is 16.5. The van der Waals surface area contributed by atoms with E-state index in [0.29, 0.717) is 18.4 Å². The van der Waals surface area contributed by atoms with Crippen LogP contribution in [0.15, 0.2) is 30.3 Å². The third-order valence-corrected chi connectivity index (χ3v) is 5.95. The minimum Gasteiger partial charge on any atom is -0.497 e. The maximum Gasteiger partial charge on any atom is 0.225 e. The first-order valence-electron chi connectivity index (χ1n) is 10.3. The van der Waals surface area contributed by atoms with Crippen molar-refractivity contribution in [2.75, 3.05) is 26.8 Å². The molecule has 4 rings (SSSR count). The lowest BCUT2D eigenvalue weighted by atomic mass is 10.0. The fourth-order valence-electron chi connectivity index (χ4n) is 4.32. The van der Waals surface area contributed by atoms with Crippen LogP contribution in [0, 0.1) is 5.92 Å². The van der Waals surface area contributed by atoms with Gasteiger partial charge >= 0.3 is 0 Å². The van der Waals surface area contributed by atoms with Crippen LogP contribution in [-0.4, -0.2) is 47.8 Å². The van der Waals surface area contributed by atoms with E-state index in [2.05, 4.69) is 21.2 Å². The number of methoxy groups -OCH3 is 1. The van der Waals surface area contributed by atoms with E-state index in [4.69, 9.17) is 9.47 Å². The topological polar surface area (TPSA) is 67.5 Å². The van der Waals surface area contributed by atoms with Crippen LogP contribution >= 0.6 is 0 Å². The van der Waals surface area contributed by atoms with Crippen LogP contribution in [0.2, 0.25) is 0 Å². The summed E-state index contributed by atoms with van der Waals surface area (Å²) < 4.78 is 11.0. The van der Waals surface area contributed by atoms with Gasteiger partial charge in [-0.05, 0) is 37.5 Å². The summed E-state index contributed by atoms with van der Waals surface area (Å²) in [5.41, 5.74) is 2.14. The van der Waals surface area contributed by atoms with Crippen LogP contribution in [0.1, 0.15) is 49.4 Å². The average Bonchev–Trinajstić information content (AvgIpc) is 3.48. The SMILES string of the molecule is COc1cccc(OCCc2cc(C3CCN(C(=O)C4CCCC4)C3)n[nH]2)c1. The summed E-state index contributed by atoms with van der Waals surface area (Å²) in [5, 5.41) is 7.64. The molecule has 1 unspecified atom stereocenters. The summed E-state index contributed by atoms with van der Waals surface area (Å²) in [6.07, 6.45) is 6.31. The predicted octanol–water partition coefficient (Wildman–Crippen LogP) is 3.55. The number of carbonyl (C=O) groups excluding carboxylic acids is 1. The fraction of sp³-hybridized carbons (Fsp3) is 0.545. The largest absolute Gasteiger partial charge is 0.497 e. The van der Waals surface area contributed by atoms with Gasteiger partial charge in [0.2, 0.25) is 5.91 Å². The summed E-state index contributed by atoms with van der Waals surface area (Å²) in [5.74, 6) is 2.56. The van der Waals surface area contributed by atoms with Crippen molar-refractivity contribution in [3.63, 3.8) is 0 Å². The first-order valence-corrected chi connectivity index (χ1v) is 10.3. The highest BCUT2D eigenvalue weighted by Crippen LogP contribution is 2.31. The van der Waals surface area contributed by atoms with Gasteiger partial charge in [-0.25, -0.2) is 0 Å². The molecule has 0 radical (unpaired) electrons. The summed E-state index contributed by atoms with van der Waals surface area (Å²) in [6, 6.07) is 9.75. The molecule has 1 N–H and O–H groups in total. The lowest BCUT2D eigenvalue weighted by molar-refractivity contribution is -0.134. The molecule has 2 aliphatic rings. The van der Waals surface area contributed by atoms with Crippen LogP contribution in [0.3, 0.4) is 0 Å². The monoisotopic (exact) mass is 383 g/mol. The van der Waals surface area contributed by atoms with Gasteiger partial charge < -0.3 is 14.4 Å². The number of amides is 1. The van der Waals surface area contributed by atoms with Gasteiger partial charge in [-0.1, -0.05) is 18.9 Å². The van der Waals surface area contributed by atoms with Crippen molar-refractivity contribution in [1.29, 1.82) is 0 Å². The Hall–Kier alpha value is -2.50. The molecular weight excluding hydrogens is 354 g/mol. The van der Waals surface area contributed by atoms with Crippen LogP contribution < -0.4 is 9.47 Å². The minimum absolute atomic E-state index is 0.266. The van der Waals surface area contributed by atoms with Gasteiger partial charge in [-0.3, -0.25) is 9.89 Å². The van der Waals surface area contributed by atoms with Crippen molar-refractivity contribution in [3.8, 4) is 11.5 Å². The Morgan fingerprint density at radius 3 is 2.86 bits per heavy atom. The normalized spacial score (nSPS) is 19.9. The van der Waals surface area contributed by atoms with E-state index in [-0.39, 0.29) is 5.92 Å². The summed E-state index contributed by atoms with van der Waals surface area (Å²) in [7, 11) is 1.65. The van der Waals surface area contributed by atoms with E-state index in [1.807, 2.05) is 24.3 Å². The van der Waals surface area contributed by atoms with E-state index in [1.54, 1.807) is 7.11 Å². The van der Waals surface area contributed by atoms with Crippen LogP contribution in [0.4, 0.5) is 0 Å². The second-order valence-electron chi connectivity index (χ2n) is 7.85. The fourth-order valence-corrected chi connectivity index (χ4v) is 4.32. The highest BCUT2D eigenvalue weighted by Gasteiger charge is 2.33. The molecular formula is C22H29N3O3. The number of likely N-dealkylation sites (tertiary alicyclic amines) is 1. The van der Waals surface area contributed by atoms with Gasteiger partial charge in [0.15, 0.2) is 0 Å². The van der Waals surface area contributed by atoms with Gasteiger partial charge in [0, 0.05) is 43.1 Å². The Bertz CT molecular complexity index is 798. The number of ether oxygens (including phenoxy) is 2. The molecule has 1 aromatic carbocycles. The zero-order valence-electron chi connectivity index (χ0n) is 16.5. The van der Waals surface area contributed by atoms with Crippen LogP contribution in [0.25, 0.3) is 0 Å². The minimum atomic E-state index is 0.266. The summed E-state index contributed by atoms with van der Waals surface area (Å²) >= 11 is 0. The molecule has 1 atom stereocenters. The molecule has 1 saturated heterocycles. The molecule has 1 aliphatic carbocycles. The molecule has 2 heterocycles. The first kappa shape index (κ1) is 18.8. The molecule has 1 amide bonds. The molecule has 1 aromatic heterocycles. The lowest BCUT2D eigenvalue weighted by Gasteiger charge is -2.20. The van der Waals surface area contributed by atoms with E-state index in [9.17, 15) is 4.79 Å². The number of benzene rings is 1. The second kappa shape index (κ2) is 8.67. The second-order valence-corrected chi connectivity index (χ2v) is 7.85. The van der Waals surface area contributed by atoms with E-state index < -0.39 is 0 Å². The Kier molecular flexibility index (Phi) is 5.84. The smallest absolute Gasteiger partial charge is 0.225 e. The molecule has 150 valence electrons. The van der Waals surface area contributed by atoms with Crippen molar-refractivity contribution >= 4 is 5.91 Å². The zero-order chi connectivity index (χ0) is 19.3. The standard InChI is InChI=1S/C22H29N3O3/c1-27-19-7-4-8-20(14-19)28-12-10-18-13-21(24-23-18)17-9-11-25(15-17)22(26)16-5-2-3-6-16/h4,7-8,13-14,16-17H,2-3,5-6,9-12,15H2,1H3,(H,23,24). The first-order chi connectivity index (χ1) is 13.7. The van der Waals surface area contributed by atoms with Crippen molar-refractivity contribution in [1.82, 2.24) is 15.1 Å². The molecule has 1 saturated carbocycles. The Labute approximate surface area is 166 Å². The summed E-state index contributed by atoms with van der Waals surface area (Å²) in [6.45, 7) is 2.24. The van der Waals surface area contributed by atoms with Crippen molar-refractivity contribution < 1.29 is 14.3 Å². The molecule has 6 nitrogen and oxygen atoms in total. The number of hydrogen-bond donors (Lipinski definition) is 1. The van der Waals surface area contributed by atoms with Crippen LogP contribution in [0.5, 0.6) is 11.5 Å². The van der Waals surface area contributed by atoms with E-state index >= 15 is 0 Å². The van der Waals surface area contributed by atoms with Crippen LogP contribution in [-0.2, 0) is 11.2 Å². The van der Waals surface area contributed by atoms with Gasteiger partial charge in [0.05, 0.1) is 19.4 Å². The molecule has 6 heteroatoms. The van der Waals surface area contributed by atoms with Gasteiger partial charge in [0.1, 0.15) is 11.5 Å². The quantitative estimate of drug-likeness (QED) is 0.794. The number of aromatic amines is 1. The highest BCUT2D eigenvalue weighted by molar-refractivity contribution is 5.79. The van der Waals surface area contributed by atoms with E-state index in [1.165, 1.54) is 12.8 Å². The van der Waals surface area contributed by atoms with Gasteiger partial charge in [-0.15, -0.1) is 0 Å². The number of nitrogens with zero attached hydrogens (tertiary/aromatic N) is 2. The average molecular weight is 383 g/mol. The Balaban J connectivity index is 1.26. The maximum atomic E-state index is 12.6. The molecule has 1 aliphatic heterocycles.